The van der Waals surface area contributed by atoms with Crippen molar-refractivity contribution in [1.82, 2.24) is 0 Å². The maximum atomic E-state index is 13.6. The molecular weight excluding hydrogens is 261 g/mol. The highest BCUT2D eigenvalue weighted by molar-refractivity contribution is 9.10. The average molecular weight is 274 g/mol. The lowest BCUT2D eigenvalue weighted by Crippen LogP contribution is -2.24. The summed E-state index contributed by atoms with van der Waals surface area (Å²) >= 11 is 3.32. The molecule has 0 bridgehead atoms. The van der Waals surface area contributed by atoms with Crippen molar-refractivity contribution in [3.8, 4) is 0 Å². The lowest BCUT2D eigenvalue weighted by Gasteiger charge is -2.16. The van der Waals surface area contributed by atoms with Crippen LogP contribution in [-0.4, -0.2) is 18.3 Å². The van der Waals surface area contributed by atoms with Crippen LogP contribution in [-0.2, 0) is 5.41 Å². The molecule has 2 atom stereocenters. The smallest absolute Gasteiger partial charge is 0.127 e. The second kappa shape index (κ2) is 3.85. The molecule has 0 aromatic heterocycles. The second-order valence-electron chi connectivity index (χ2n) is 4.07. The Balaban J connectivity index is 2.40. The average Bonchev–Trinajstić information content (AvgIpc) is 2.96. The fourth-order valence-corrected chi connectivity index (χ4v) is 2.55. The van der Waals surface area contributed by atoms with Gasteiger partial charge in [-0.1, -0.05) is 15.9 Å². The predicted octanol–water partition coefficient (Wildman–Crippen LogP) is 1.80. The first-order valence-electron chi connectivity index (χ1n) is 4.90. The van der Waals surface area contributed by atoms with Gasteiger partial charge in [0.15, 0.2) is 0 Å². The molecule has 4 heteroatoms. The number of aliphatic hydroxyl groups is 1. The first kappa shape index (κ1) is 11.0. The number of halogens is 2. The van der Waals surface area contributed by atoms with Crippen molar-refractivity contribution in [1.29, 1.82) is 0 Å². The molecule has 0 saturated heterocycles. The zero-order chi connectivity index (χ0) is 11.1. The zero-order valence-electron chi connectivity index (χ0n) is 8.21. The topological polar surface area (TPSA) is 46.2 Å². The largest absolute Gasteiger partial charge is 0.396 e. The van der Waals surface area contributed by atoms with Gasteiger partial charge in [0.2, 0.25) is 0 Å². The molecule has 1 aromatic rings. The minimum atomic E-state index is -0.345. The van der Waals surface area contributed by atoms with E-state index in [0.717, 1.165) is 10.9 Å². The van der Waals surface area contributed by atoms with Gasteiger partial charge in [-0.15, -0.1) is 0 Å². The van der Waals surface area contributed by atoms with Crippen molar-refractivity contribution >= 4 is 15.9 Å². The zero-order valence-corrected chi connectivity index (χ0v) is 9.80. The molecular formula is C11H13BrFNO. The maximum Gasteiger partial charge on any atom is 0.127 e. The number of rotatable bonds is 3. The summed E-state index contributed by atoms with van der Waals surface area (Å²) in [6.45, 7) is 0.453. The van der Waals surface area contributed by atoms with Gasteiger partial charge in [0, 0.05) is 23.0 Å². The van der Waals surface area contributed by atoms with Gasteiger partial charge in [-0.05, 0) is 36.1 Å². The normalized spacial score (nSPS) is 29.2. The van der Waals surface area contributed by atoms with E-state index in [9.17, 15) is 4.39 Å². The van der Waals surface area contributed by atoms with E-state index in [1.807, 2.05) is 0 Å². The van der Waals surface area contributed by atoms with Crippen molar-refractivity contribution in [3.63, 3.8) is 0 Å². The molecule has 3 N–H and O–H groups in total. The summed E-state index contributed by atoms with van der Waals surface area (Å²) in [5.74, 6) is -0.133. The van der Waals surface area contributed by atoms with E-state index in [2.05, 4.69) is 15.9 Å². The molecule has 2 nitrogen and oxygen atoms in total. The first-order valence-corrected chi connectivity index (χ1v) is 5.70. The maximum absolute atomic E-state index is 13.6. The second-order valence-corrected chi connectivity index (χ2v) is 4.98. The van der Waals surface area contributed by atoms with Gasteiger partial charge in [0.1, 0.15) is 5.82 Å². The van der Waals surface area contributed by atoms with Crippen LogP contribution in [0.3, 0.4) is 0 Å². The number of hydrogen-bond acceptors (Lipinski definition) is 2. The number of nitrogens with two attached hydrogens (primary N) is 1. The van der Waals surface area contributed by atoms with E-state index in [0.29, 0.717) is 12.1 Å². The van der Waals surface area contributed by atoms with Gasteiger partial charge in [0.05, 0.1) is 0 Å². The van der Waals surface area contributed by atoms with Crippen LogP contribution in [0.25, 0.3) is 0 Å². The summed E-state index contributed by atoms with van der Waals surface area (Å²) < 4.78 is 14.5. The summed E-state index contributed by atoms with van der Waals surface area (Å²) in [4.78, 5) is 0. The van der Waals surface area contributed by atoms with Crippen LogP contribution >= 0.6 is 15.9 Å². The molecule has 1 fully saturated rings. The highest BCUT2D eigenvalue weighted by Gasteiger charge is 2.54. The summed E-state index contributed by atoms with van der Waals surface area (Å²) in [7, 11) is 0. The Morgan fingerprint density at radius 3 is 2.87 bits per heavy atom. The van der Waals surface area contributed by atoms with Crippen LogP contribution in [0.4, 0.5) is 4.39 Å². The highest BCUT2D eigenvalue weighted by Crippen LogP contribution is 2.54. The third-order valence-corrected chi connectivity index (χ3v) is 3.77. The van der Waals surface area contributed by atoms with Crippen molar-refractivity contribution in [2.24, 2.45) is 11.7 Å². The number of hydrogen-bond donors (Lipinski definition) is 2. The number of benzene rings is 1. The highest BCUT2D eigenvalue weighted by atomic mass is 79.9. The summed E-state index contributed by atoms with van der Waals surface area (Å²) in [6, 6.07) is 4.86. The fourth-order valence-electron chi connectivity index (χ4n) is 2.19. The van der Waals surface area contributed by atoms with Crippen LogP contribution in [0.15, 0.2) is 22.7 Å². The SMILES string of the molecule is NC[C@@]1(c2cc(Br)ccc2F)C[C@H]1CO. The molecule has 1 aliphatic rings. The Morgan fingerprint density at radius 1 is 1.60 bits per heavy atom. The molecule has 1 aliphatic carbocycles. The molecule has 82 valence electrons. The predicted molar refractivity (Wildman–Crippen MR) is 60.0 cm³/mol. The standard InChI is InChI=1S/C11H13BrFNO/c12-8-1-2-10(13)9(3-8)11(6-14)4-7(11)5-15/h1-3,7,15H,4-6,14H2/t7-,11-/m0/s1. The Labute approximate surface area is 96.4 Å². The van der Waals surface area contributed by atoms with Crippen LogP contribution in [0.5, 0.6) is 0 Å². The lowest BCUT2D eigenvalue weighted by atomic mass is 9.93. The van der Waals surface area contributed by atoms with Gasteiger partial charge >= 0.3 is 0 Å². The quantitative estimate of drug-likeness (QED) is 0.882. The Hall–Kier alpha value is -0.450. The minimum absolute atomic E-state index is 0.0726. The van der Waals surface area contributed by atoms with E-state index in [1.165, 1.54) is 6.07 Å². The molecule has 2 rings (SSSR count). The van der Waals surface area contributed by atoms with Crippen molar-refractivity contribution in [2.75, 3.05) is 13.2 Å². The van der Waals surface area contributed by atoms with Crippen LogP contribution in [0, 0.1) is 11.7 Å². The van der Waals surface area contributed by atoms with Gasteiger partial charge in [0.25, 0.3) is 0 Å². The van der Waals surface area contributed by atoms with E-state index >= 15 is 0 Å². The van der Waals surface area contributed by atoms with Gasteiger partial charge in [-0.2, -0.15) is 0 Å². The Bertz CT molecular complexity index is 385. The van der Waals surface area contributed by atoms with E-state index in [4.69, 9.17) is 10.8 Å². The van der Waals surface area contributed by atoms with E-state index in [1.54, 1.807) is 12.1 Å². The fraction of sp³-hybridized carbons (Fsp3) is 0.455. The van der Waals surface area contributed by atoms with Crippen molar-refractivity contribution in [3.05, 3.63) is 34.1 Å². The van der Waals surface area contributed by atoms with E-state index in [-0.39, 0.29) is 23.8 Å². The van der Waals surface area contributed by atoms with E-state index < -0.39 is 0 Å². The molecule has 0 heterocycles. The third kappa shape index (κ3) is 1.71. The molecule has 0 amide bonds. The first-order chi connectivity index (χ1) is 7.14. The Kier molecular flexibility index (Phi) is 2.83. The summed E-state index contributed by atoms with van der Waals surface area (Å²) in [5.41, 5.74) is 5.97. The molecule has 0 unspecified atom stereocenters. The molecule has 0 aliphatic heterocycles. The summed E-state index contributed by atoms with van der Waals surface area (Å²) in [5, 5.41) is 9.10. The monoisotopic (exact) mass is 273 g/mol. The minimum Gasteiger partial charge on any atom is -0.396 e. The van der Waals surface area contributed by atoms with Crippen molar-refractivity contribution in [2.45, 2.75) is 11.8 Å². The molecule has 0 radical (unpaired) electrons. The van der Waals surface area contributed by atoms with Crippen LogP contribution < -0.4 is 5.73 Å². The molecule has 1 saturated carbocycles. The number of aliphatic hydroxyl groups excluding tert-OH is 1. The molecule has 15 heavy (non-hydrogen) atoms. The summed E-state index contributed by atoms with van der Waals surface area (Å²) in [6.07, 6.45) is 0.771. The van der Waals surface area contributed by atoms with Crippen molar-refractivity contribution < 1.29 is 9.50 Å². The Morgan fingerprint density at radius 2 is 2.33 bits per heavy atom. The van der Waals surface area contributed by atoms with Gasteiger partial charge in [-0.25, -0.2) is 4.39 Å². The lowest BCUT2D eigenvalue weighted by molar-refractivity contribution is 0.263. The van der Waals surface area contributed by atoms with Crippen LogP contribution in [0.2, 0.25) is 0 Å². The molecule has 1 aromatic carbocycles. The third-order valence-electron chi connectivity index (χ3n) is 3.28. The molecule has 0 spiro atoms. The van der Waals surface area contributed by atoms with Crippen LogP contribution in [0.1, 0.15) is 12.0 Å². The van der Waals surface area contributed by atoms with Gasteiger partial charge < -0.3 is 10.8 Å². The van der Waals surface area contributed by atoms with Gasteiger partial charge in [-0.3, -0.25) is 0 Å².